The number of hydrogen-bond acceptors (Lipinski definition) is 4. The van der Waals surface area contributed by atoms with Crippen molar-refractivity contribution >= 4 is 12.0 Å². The molecule has 0 aliphatic rings. The molecule has 2 aromatic rings. The Morgan fingerprint density at radius 1 is 1.00 bits per heavy atom. The molecule has 5 nitrogen and oxygen atoms in total. The van der Waals surface area contributed by atoms with Crippen LogP contribution in [0.3, 0.4) is 0 Å². The lowest BCUT2D eigenvalue weighted by Crippen LogP contribution is -2.16. The Morgan fingerprint density at radius 3 is 2.23 bits per heavy atom. The zero-order chi connectivity index (χ0) is 18.8. The van der Waals surface area contributed by atoms with Crippen molar-refractivity contribution in [3.63, 3.8) is 0 Å². The molecule has 0 bridgehead atoms. The Hall–Kier alpha value is -2.95. The molecular formula is C21H25NO4. The van der Waals surface area contributed by atoms with Crippen molar-refractivity contribution < 1.29 is 19.0 Å². The summed E-state index contributed by atoms with van der Waals surface area (Å²) < 4.78 is 15.9. The topological polar surface area (TPSA) is 56.8 Å². The van der Waals surface area contributed by atoms with Gasteiger partial charge in [0.05, 0.1) is 21.3 Å². The molecule has 5 heteroatoms. The van der Waals surface area contributed by atoms with E-state index in [1.807, 2.05) is 30.3 Å². The standard InChI is InChI=1S/C21H25NO4/c1-24-18-14-17(15-19(25-2)21(18)26-3)12-13-22-20(23)11-7-10-16-8-5-4-6-9-16/h4-6,8-9,12-15H,7,10-11H2,1-3H3,(H,22,23). The van der Waals surface area contributed by atoms with E-state index in [1.165, 1.54) is 5.56 Å². The molecule has 1 amide bonds. The number of aryl methyl sites for hydroxylation is 1. The molecule has 0 heterocycles. The molecule has 0 fully saturated rings. The summed E-state index contributed by atoms with van der Waals surface area (Å²) in [7, 11) is 4.70. The van der Waals surface area contributed by atoms with Gasteiger partial charge in [-0.25, -0.2) is 0 Å². The third kappa shape index (κ3) is 5.55. The fourth-order valence-electron chi connectivity index (χ4n) is 2.60. The maximum absolute atomic E-state index is 11.9. The first-order valence-electron chi connectivity index (χ1n) is 8.47. The van der Waals surface area contributed by atoms with Crippen molar-refractivity contribution in [3.8, 4) is 17.2 Å². The van der Waals surface area contributed by atoms with E-state index in [0.717, 1.165) is 18.4 Å². The second kappa shape index (κ2) is 10.1. The van der Waals surface area contributed by atoms with Gasteiger partial charge >= 0.3 is 0 Å². The first-order chi connectivity index (χ1) is 12.7. The van der Waals surface area contributed by atoms with Crippen LogP contribution in [0.25, 0.3) is 6.08 Å². The molecule has 1 N–H and O–H groups in total. The van der Waals surface area contributed by atoms with Gasteiger partial charge in [0.25, 0.3) is 0 Å². The van der Waals surface area contributed by atoms with Crippen molar-refractivity contribution in [2.75, 3.05) is 21.3 Å². The summed E-state index contributed by atoms with van der Waals surface area (Å²) in [6.45, 7) is 0. The average Bonchev–Trinajstić information content (AvgIpc) is 2.68. The number of ether oxygens (including phenoxy) is 3. The number of hydrogen-bond donors (Lipinski definition) is 1. The van der Waals surface area contributed by atoms with Crippen molar-refractivity contribution in [3.05, 3.63) is 59.8 Å². The Labute approximate surface area is 154 Å². The van der Waals surface area contributed by atoms with Crippen LogP contribution in [0.4, 0.5) is 0 Å². The van der Waals surface area contributed by atoms with Gasteiger partial charge in [0.1, 0.15) is 0 Å². The normalized spacial score (nSPS) is 10.6. The molecule has 0 radical (unpaired) electrons. The minimum atomic E-state index is -0.00961. The summed E-state index contributed by atoms with van der Waals surface area (Å²) in [4.78, 5) is 11.9. The van der Waals surface area contributed by atoms with E-state index in [2.05, 4.69) is 17.4 Å². The Balaban J connectivity index is 1.88. The van der Waals surface area contributed by atoms with Gasteiger partial charge < -0.3 is 19.5 Å². The van der Waals surface area contributed by atoms with Crippen LogP contribution in [0.2, 0.25) is 0 Å². The van der Waals surface area contributed by atoms with E-state index in [9.17, 15) is 4.79 Å². The summed E-state index contributed by atoms with van der Waals surface area (Å²) in [5.41, 5.74) is 2.08. The van der Waals surface area contributed by atoms with E-state index in [1.54, 1.807) is 33.6 Å². The monoisotopic (exact) mass is 355 g/mol. The molecule has 138 valence electrons. The molecule has 0 unspecified atom stereocenters. The van der Waals surface area contributed by atoms with E-state index >= 15 is 0 Å². The van der Waals surface area contributed by atoms with Crippen molar-refractivity contribution in [2.24, 2.45) is 0 Å². The van der Waals surface area contributed by atoms with Crippen molar-refractivity contribution in [1.29, 1.82) is 0 Å². The number of amides is 1. The van der Waals surface area contributed by atoms with Crippen LogP contribution < -0.4 is 19.5 Å². The number of rotatable bonds is 9. The fourth-order valence-corrected chi connectivity index (χ4v) is 2.60. The van der Waals surface area contributed by atoms with Crippen LogP contribution >= 0.6 is 0 Å². The zero-order valence-electron chi connectivity index (χ0n) is 15.5. The summed E-state index contributed by atoms with van der Waals surface area (Å²) in [6.07, 6.45) is 5.61. The number of carbonyl (C=O) groups excluding carboxylic acids is 1. The SMILES string of the molecule is COc1cc(C=CNC(=O)CCCc2ccccc2)cc(OC)c1OC. The summed E-state index contributed by atoms with van der Waals surface area (Å²) in [5, 5.41) is 2.79. The minimum Gasteiger partial charge on any atom is -0.493 e. The van der Waals surface area contributed by atoms with E-state index in [0.29, 0.717) is 23.7 Å². The van der Waals surface area contributed by atoms with Gasteiger partial charge in [-0.3, -0.25) is 4.79 Å². The van der Waals surface area contributed by atoms with Crippen LogP contribution in [0.15, 0.2) is 48.7 Å². The molecule has 0 saturated carbocycles. The maximum atomic E-state index is 11.9. The highest BCUT2D eigenvalue weighted by molar-refractivity contribution is 5.78. The molecule has 0 aromatic heterocycles. The highest BCUT2D eigenvalue weighted by atomic mass is 16.5. The lowest BCUT2D eigenvalue weighted by molar-refractivity contribution is -0.120. The summed E-state index contributed by atoms with van der Waals surface area (Å²) in [5.74, 6) is 1.67. The average molecular weight is 355 g/mol. The Morgan fingerprint density at radius 2 is 1.65 bits per heavy atom. The maximum Gasteiger partial charge on any atom is 0.223 e. The summed E-state index contributed by atoms with van der Waals surface area (Å²) >= 11 is 0. The lowest BCUT2D eigenvalue weighted by atomic mass is 10.1. The van der Waals surface area contributed by atoms with Crippen molar-refractivity contribution in [1.82, 2.24) is 5.32 Å². The molecule has 0 spiro atoms. The first kappa shape index (κ1) is 19.4. The van der Waals surface area contributed by atoms with Crippen LogP contribution in [-0.4, -0.2) is 27.2 Å². The van der Waals surface area contributed by atoms with Gasteiger partial charge in [-0.15, -0.1) is 0 Å². The largest absolute Gasteiger partial charge is 0.493 e. The van der Waals surface area contributed by atoms with Gasteiger partial charge in [-0.05, 0) is 42.2 Å². The number of benzene rings is 2. The third-order valence-electron chi connectivity index (χ3n) is 3.92. The molecule has 0 atom stereocenters. The third-order valence-corrected chi connectivity index (χ3v) is 3.92. The highest BCUT2D eigenvalue weighted by Gasteiger charge is 2.12. The molecule has 2 rings (SSSR count). The molecule has 0 saturated heterocycles. The molecular weight excluding hydrogens is 330 g/mol. The van der Waals surface area contributed by atoms with Gasteiger partial charge in [0.2, 0.25) is 11.7 Å². The van der Waals surface area contributed by atoms with Crippen LogP contribution in [0.5, 0.6) is 17.2 Å². The molecule has 0 aliphatic heterocycles. The smallest absolute Gasteiger partial charge is 0.223 e. The number of nitrogens with one attached hydrogen (secondary N) is 1. The molecule has 26 heavy (non-hydrogen) atoms. The summed E-state index contributed by atoms with van der Waals surface area (Å²) in [6, 6.07) is 13.8. The molecule has 0 aliphatic carbocycles. The lowest BCUT2D eigenvalue weighted by Gasteiger charge is -2.12. The molecule has 2 aromatic carbocycles. The van der Waals surface area contributed by atoms with Crippen LogP contribution in [0, 0.1) is 0 Å². The van der Waals surface area contributed by atoms with Gasteiger partial charge in [-0.2, -0.15) is 0 Å². The van der Waals surface area contributed by atoms with Crippen molar-refractivity contribution in [2.45, 2.75) is 19.3 Å². The number of carbonyl (C=O) groups is 1. The van der Waals surface area contributed by atoms with E-state index < -0.39 is 0 Å². The number of methoxy groups -OCH3 is 3. The van der Waals surface area contributed by atoms with Crippen LogP contribution in [0.1, 0.15) is 24.0 Å². The minimum absolute atomic E-state index is 0.00961. The predicted molar refractivity (Wildman–Crippen MR) is 103 cm³/mol. The zero-order valence-corrected chi connectivity index (χ0v) is 15.5. The van der Waals surface area contributed by atoms with E-state index in [-0.39, 0.29) is 5.91 Å². The van der Waals surface area contributed by atoms with Crippen LogP contribution in [-0.2, 0) is 11.2 Å². The predicted octanol–water partition coefficient (Wildman–Crippen LogP) is 3.82. The Bertz CT molecular complexity index is 716. The van der Waals surface area contributed by atoms with Gasteiger partial charge in [-0.1, -0.05) is 30.3 Å². The Kier molecular flexibility index (Phi) is 7.55. The van der Waals surface area contributed by atoms with E-state index in [4.69, 9.17) is 14.2 Å². The first-order valence-corrected chi connectivity index (χ1v) is 8.47. The second-order valence-corrected chi connectivity index (χ2v) is 5.70. The fraction of sp³-hybridized carbons (Fsp3) is 0.286. The quantitative estimate of drug-likeness (QED) is 0.743. The van der Waals surface area contributed by atoms with Gasteiger partial charge in [0, 0.05) is 12.6 Å². The highest BCUT2D eigenvalue weighted by Crippen LogP contribution is 2.38. The second-order valence-electron chi connectivity index (χ2n) is 5.70. The van der Waals surface area contributed by atoms with Gasteiger partial charge in [0.15, 0.2) is 11.5 Å².